The molecule has 1 aliphatic rings. The molecule has 134 valence electrons. The van der Waals surface area contributed by atoms with Gasteiger partial charge in [-0.1, -0.05) is 30.3 Å². The van der Waals surface area contributed by atoms with Crippen LogP contribution in [0.15, 0.2) is 48.5 Å². The summed E-state index contributed by atoms with van der Waals surface area (Å²) in [5.41, 5.74) is 3.12. The summed E-state index contributed by atoms with van der Waals surface area (Å²) in [5, 5.41) is 5.49. The van der Waals surface area contributed by atoms with Crippen LogP contribution in [0.4, 0.5) is 5.69 Å². The first-order chi connectivity index (χ1) is 12.6. The van der Waals surface area contributed by atoms with Crippen molar-refractivity contribution in [3.05, 3.63) is 65.2 Å². The third kappa shape index (κ3) is 4.69. The van der Waals surface area contributed by atoms with Crippen molar-refractivity contribution in [2.45, 2.75) is 19.3 Å². The van der Waals surface area contributed by atoms with Gasteiger partial charge in [-0.3, -0.25) is 9.59 Å². The highest BCUT2D eigenvalue weighted by atomic mass is 16.5. The zero-order chi connectivity index (χ0) is 18.4. The minimum absolute atomic E-state index is 0.0278. The Kier molecular flexibility index (Phi) is 5.63. The Morgan fingerprint density at radius 1 is 1.08 bits per heavy atom. The van der Waals surface area contributed by atoms with Crippen LogP contribution < -0.4 is 10.6 Å². The molecule has 3 rings (SSSR count). The van der Waals surface area contributed by atoms with Crippen LogP contribution >= 0.6 is 0 Å². The molecule has 26 heavy (non-hydrogen) atoms. The quantitative estimate of drug-likeness (QED) is 0.780. The third-order valence-electron chi connectivity index (χ3n) is 4.15. The summed E-state index contributed by atoms with van der Waals surface area (Å²) in [6, 6.07) is 14.8. The van der Waals surface area contributed by atoms with E-state index in [1.807, 2.05) is 30.3 Å². The predicted molar refractivity (Wildman–Crippen MR) is 96.8 cm³/mol. The lowest BCUT2D eigenvalue weighted by Gasteiger charge is -2.17. The largest absolute Gasteiger partial charge is 0.452 e. The highest BCUT2D eigenvalue weighted by molar-refractivity contribution is 5.96. The first-order valence-corrected chi connectivity index (χ1v) is 8.52. The summed E-state index contributed by atoms with van der Waals surface area (Å²) in [6.07, 6.45) is 1.70. The fourth-order valence-electron chi connectivity index (χ4n) is 2.77. The van der Waals surface area contributed by atoms with Crippen LogP contribution in [-0.2, 0) is 27.2 Å². The average molecular weight is 352 g/mol. The zero-order valence-corrected chi connectivity index (χ0v) is 14.3. The number of esters is 1. The van der Waals surface area contributed by atoms with Crippen LogP contribution in [0.2, 0.25) is 0 Å². The van der Waals surface area contributed by atoms with Crippen LogP contribution in [0.5, 0.6) is 0 Å². The van der Waals surface area contributed by atoms with Gasteiger partial charge in [0.05, 0.1) is 5.56 Å². The van der Waals surface area contributed by atoms with E-state index in [4.69, 9.17) is 4.74 Å². The molecule has 0 aromatic heterocycles. The maximum Gasteiger partial charge on any atom is 0.338 e. The Hall–Kier alpha value is -3.15. The van der Waals surface area contributed by atoms with E-state index in [9.17, 15) is 14.4 Å². The molecule has 0 saturated carbocycles. The third-order valence-corrected chi connectivity index (χ3v) is 4.15. The number of hydrogen-bond acceptors (Lipinski definition) is 4. The monoisotopic (exact) mass is 352 g/mol. The van der Waals surface area contributed by atoms with Crippen molar-refractivity contribution >= 4 is 23.5 Å². The molecule has 0 radical (unpaired) electrons. The number of amides is 2. The van der Waals surface area contributed by atoms with Gasteiger partial charge < -0.3 is 15.4 Å². The summed E-state index contributed by atoms with van der Waals surface area (Å²) in [6.45, 7) is 0.167. The van der Waals surface area contributed by atoms with Gasteiger partial charge in [-0.15, -0.1) is 0 Å². The summed E-state index contributed by atoms with van der Waals surface area (Å²) in [5.74, 6) is -0.914. The molecule has 1 heterocycles. The van der Waals surface area contributed by atoms with Gasteiger partial charge in [0.1, 0.15) is 0 Å². The van der Waals surface area contributed by atoms with Crippen molar-refractivity contribution in [1.82, 2.24) is 5.32 Å². The van der Waals surface area contributed by atoms with Gasteiger partial charge in [-0.2, -0.15) is 0 Å². The summed E-state index contributed by atoms with van der Waals surface area (Å²) >= 11 is 0. The lowest BCUT2D eigenvalue weighted by molar-refractivity contribution is -0.124. The van der Waals surface area contributed by atoms with Crippen LogP contribution in [0.1, 0.15) is 27.9 Å². The normalized spacial score (nSPS) is 12.7. The number of fused-ring (bicyclic) bond motifs is 1. The van der Waals surface area contributed by atoms with E-state index < -0.39 is 5.97 Å². The molecule has 0 fully saturated rings. The van der Waals surface area contributed by atoms with E-state index in [-0.39, 0.29) is 18.4 Å². The molecule has 1 aliphatic heterocycles. The Morgan fingerprint density at radius 3 is 2.69 bits per heavy atom. The number of ether oxygens (including phenoxy) is 1. The van der Waals surface area contributed by atoms with E-state index >= 15 is 0 Å². The number of carbonyl (C=O) groups is 3. The lowest BCUT2D eigenvalue weighted by atomic mass is 10.0. The second kappa shape index (κ2) is 8.29. The van der Waals surface area contributed by atoms with Crippen molar-refractivity contribution in [3.63, 3.8) is 0 Å². The van der Waals surface area contributed by atoms with E-state index in [1.54, 1.807) is 18.2 Å². The second-order valence-corrected chi connectivity index (χ2v) is 6.08. The minimum Gasteiger partial charge on any atom is -0.452 e. The molecule has 6 nitrogen and oxygen atoms in total. The maximum atomic E-state index is 12.1. The molecule has 0 unspecified atom stereocenters. The Morgan fingerprint density at radius 2 is 1.88 bits per heavy atom. The lowest BCUT2D eigenvalue weighted by Crippen LogP contribution is -2.30. The molecule has 0 spiro atoms. The van der Waals surface area contributed by atoms with Gasteiger partial charge in [0.25, 0.3) is 5.91 Å². The van der Waals surface area contributed by atoms with Gasteiger partial charge in [0.15, 0.2) is 6.61 Å². The Balaban J connectivity index is 1.45. The van der Waals surface area contributed by atoms with E-state index in [2.05, 4.69) is 10.6 Å². The molecule has 2 aromatic carbocycles. The molecule has 0 saturated heterocycles. The highest BCUT2D eigenvalue weighted by Gasteiger charge is 2.17. The van der Waals surface area contributed by atoms with Crippen molar-refractivity contribution in [1.29, 1.82) is 0 Å². The number of aryl methyl sites for hydroxylation is 1. The first kappa shape index (κ1) is 17.7. The van der Waals surface area contributed by atoms with Crippen molar-refractivity contribution in [2.24, 2.45) is 0 Å². The topological polar surface area (TPSA) is 84.5 Å². The van der Waals surface area contributed by atoms with Gasteiger partial charge in [-0.05, 0) is 42.2 Å². The van der Waals surface area contributed by atoms with Crippen LogP contribution in [0.3, 0.4) is 0 Å². The summed E-state index contributed by atoms with van der Waals surface area (Å²) in [4.78, 5) is 35.3. The molecule has 2 amide bonds. The summed E-state index contributed by atoms with van der Waals surface area (Å²) in [7, 11) is 0. The van der Waals surface area contributed by atoms with Crippen molar-refractivity contribution in [3.8, 4) is 0 Å². The van der Waals surface area contributed by atoms with E-state index in [0.29, 0.717) is 24.9 Å². The molecule has 0 atom stereocenters. The standard InChI is InChI=1S/C20H20N2O4/c23-18-9-7-15-12-16(6-8-17(15)22-18)20(25)26-13-19(24)21-11-10-14-4-2-1-3-5-14/h1-6,8,12H,7,9-11,13H2,(H,21,24)(H,22,23). The Labute approximate surface area is 151 Å². The number of nitrogens with one attached hydrogen (secondary N) is 2. The number of carbonyl (C=O) groups excluding carboxylic acids is 3. The van der Waals surface area contributed by atoms with Crippen molar-refractivity contribution < 1.29 is 19.1 Å². The minimum atomic E-state index is -0.553. The van der Waals surface area contributed by atoms with Gasteiger partial charge in [0.2, 0.25) is 5.91 Å². The molecule has 2 aromatic rings. The summed E-state index contributed by atoms with van der Waals surface area (Å²) < 4.78 is 5.07. The van der Waals surface area contributed by atoms with Gasteiger partial charge in [-0.25, -0.2) is 4.79 Å². The van der Waals surface area contributed by atoms with Gasteiger partial charge in [0, 0.05) is 18.7 Å². The molecule has 0 bridgehead atoms. The first-order valence-electron chi connectivity index (χ1n) is 8.52. The smallest absolute Gasteiger partial charge is 0.338 e. The average Bonchev–Trinajstić information content (AvgIpc) is 2.66. The highest BCUT2D eigenvalue weighted by Crippen LogP contribution is 2.23. The zero-order valence-electron chi connectivity index (χ0n) is 14.3. The Bertz CT molecular complexity index is 818. The molecule has 0 aliphatic carbocycles. The molecular formula is C20H20N2O4. The van der Waals surface area contributed by atoms with Crippen LogP contribution in [0.25, 0.3) is 0 Å². The van der Waals surface area contributed by atoms with Crippen molar-refractivity contribution in [2.75, 3.05) is 18.5 Å². The van der Waals surface area contributed by atoms with E-state index in [1.165, 1.54) is 0 Å². The number of hydrogen-bond donors (Lipinski definition) is 2. The van der Waals surface area contributed by atoms with Gasteiger partial charge >= 0.3 is 5.97 Å². The fraction of sp³-hybridized carbons (Fsp3) is 0.250. The SMILES string of the molecule is O=C(COC(=O)c1ccc2c(c1)CCC(=O)N2)NCCc1ccccc1. The molecule has 6 heteroatoms. The maximum absolute atomic E-state index is 12.1. The second-order valence-electron chi connectivity index (χ2n) is 6.08. The number of benzene rings is 2. The molecule has 2 N–H and O–H groups in total. The van der Waals surface area contributed by atoms with Crippen LogP contribution in [0, 0.1) is 0 Å². The fourth-order valence-corrected chi connectivity index (χ4v) is 2.77. The number of anilines is 1. The van der Waals surface area contributed by atoms with Crippen LogP contribution in [-0.4, -0.2) is 30.9 Å². The molecular weight excluding hydrogens is 332 g/mol. The number of rotatable bonds is 6. The predicted octanol–water partition coefficient (Wildman–Crippen LogP) is 2.09. The van der Waals surface area contributed by atoms with E-state index in [0.717, 1.165) is 23.2 Å².